The minimum atomic E-state index is -0.597. The molecule has 0 spiro atoms. The molecule has 0 unspecified atom stereocenters. The molecular weight excluding hydrogens is 434 g/mol. The zero-order chi connectivity index (χ0) is 24.5. The Morgan fingerprint density at radius 2 is 1.61 bits per heavy atom. The summed E-state index contributed by atoms with van der Waals surface area (Å²) in [6.07, 6.45) is 0. The van der Waals surface area contributed by atoms with Crippen LogP contribution < -0.4 is 10.1 Å². The van der Waals surface area contributed by atoms with Crippen LogP contribution in [0.15, 0.2) is 54.6 Å². The molecule has 2 rings (SSSR count). The summed E-state index contributed by atoms with van der Waals surface area (Å²) in [7, 11) is 1.66. The van der Waals surface area contributed by atoms with Crippen LogP contribution in [0, 0.1) is 0 Å². The van der Waals surface area contributed by atoms with Crippen LogP contribution >= 0.6 is 11.8 Å². The summed E-state index contributed by atoms with van der Waals surface area (Å²) in [6.45, 7) is 12.9. The van der Waals surface area contributed by atoms with E-state index in [1.54, 1.807) is 7.11 Å². The zero-order valence-electron chi connectivity index (χ0n) is 21.0. The van der Waals surface area contributed by atoms with E-state index in [4.69, 9.17) is 14.2 Å². The topological polar surface area (TPSA) is 56.8 Å². The lowest BCUT2D eigenvalue weighted by Gasteiger charge is -2.29. The number of nitrogens with one attached hydrogen (secondary N) is 1. The number of esters is 1. The average molecular weight is 474 g/mol. The fourth-order valence-electron chi connectivity index (χ4n) is 3.08. The van der Waals surface area contributed by atoms with Crippen LogP contribution in [0.2, 0.25) is 0 Å². The van der Waals surface area contributed by atoms with Crippen molar-refractivity contribution >= 4 is 17.7 Å². The Bertz CT molecular complexity index is 841. The first-order valence-corrected chi connectivity index (χ1v) is 12.3. The first-order chi connectivity index (χ1) is 15.5. The number of methoxy groups -OCH3 is 1. The molecule has 1 N–H and O–H groups in total. The number of rotatable bonds is 11. The molecule has 0 saturated heterocycles. The molecule has 0 radical (unpaired) electrons. The minimum absolute atomic E-state index is 0.0574. The lowest BCUT2D eigenvalue weighted by atomic mass is 10.1. The highest BCUT2D eigenvalue weighted by molar-refractivity contribution is 8.00. The Balaban J connectivity index is 2.19. The van der Waals surface area contributed by atoms with Gasteiger partial charge in [-0.05, 0) is 44.0 Å². The molecule has 33 heavy (non-hydrogen) atoms. The van der Waals surface area contributed by atoms with E-state index < -0.39 is 11.6 Å². The Morgan fingerprint density at radius 3 is 2.15 bits per heavy atom. The molecule has 182 valence electrons. The summed E-state index contributed by atoms with van der Waals surface area (Å²) in [4.78, 5) is 13.1. The summed E-state index contributed by atoms with van der Waals surface area (Å²) in [5.74, 6) is 1.29. The van der Waals surface area contributed by atoms with E-state index >= 15 is 0 Å². The van der Waals surface area contributed by atoms with Gasteiger partial charge in [-0.3, -0.25) is 10.1 Å². The number of thioether (sulfide) groups is 1. The Labute approximate surface area is 203 Å². The third kappa shape index (κ3) is 10.6. The molecule has 6 heteroatoms. The van der Waals surface area contributed by atoms with Gasteiger partial charge < -0.3 is 14.2 Å². The number of hydrogen-bond acceptors (Lipinski definition) is 6. The van der Waals surface area contributed by atoms with Crippen molar-refractivity contribution in [3.63, 3.8) is 0 Å². The maximum atomic E-state index is 13.1. The van der Waals surface area contributed by atoms with E-state index in [0.29, 0.717) is 6.61 Å². The Morgan fingerprint density at radius 1 is 0.970 bits per heavy atom. The SMILES string of the molecule is COc1ccc([C@H](CSC(C)(C)C)N[C@@H](COCc2ccccc2)C(=O)OC(C)(C)C)cc1. The molecule has 0 aliphatic carbocycles. The van der Waals surface area contributed by atoms with Crippen molar-refractivity contribution < 1.29 is 19.0 Å². The summed E-state index contributed by atoms with van der Waals surface area (Å²) in [5.41, 5.74) is 1.58. The van der Waals surface area contributed by atoms with Crippen LogP contribution in [-0.4, -0.2) is 41.8 Å². The zero-order valence-corrected chi connectivity index (χ0v) is 21.8. The van der Waals surface area contributed by atoms with Gasteiger partial charge in [-0.1, -0.05) is 63.2 Å². The normalized spacial score (nSPS) is 13.9. The highest BCUT2D eigenvalue weighted by Gasteiger charge is 2.29. The van der Waals surface area contributed by atoms with Gasteiger partial charge in [0.05, 0.1) is 20.3 Å². The molecular formula is C27H39NO4S. The van der Waals surface area contributed by atoms with E-state index in [1.165, 1.54) is 0 Å². The Kier molecular flexibility index (Phi) is 10.3. The molecule has 0 saturated carbocycles. The van der Waals surface area contributed by atoms with E-state index in [1.807, 2.05) is 87.1 Å². The second-order valence-electron chi connectivity index (χ2n) is 10.0. The molecule has 5 nitrogen and oxygen atoms in total. The highest BCUT2D eigenvalue weighted by Crippen LogP contribution is 2.29. The summed E-state index contributed by atoms with van der Waals surface area (Å²) >= 11 is 1.85. The maximum absolute atomic E-state index is 13.1. The van der Waals surface area contributed by atoms with Crippen molar-refractivity contribution in [3.8, 4) is 5.75 Å². The fraction of sp³-hybridized carbons (Fsp3) is 0.519. The molecule has 2 aromatic carbocycles. The van der Waals surface area contributed by atoms with Crippen molar-refractivity contribution in [3.05, 3.63) is 65.7 Å². The smallest absolute Gasteiger partial charge is 0.326 e. The fourth-order valence-corrected chi connectivity index (χ4v) is 4.03. The third-order valence-corrected chi connectivity index (χ3v) is 6.06. The van der Waals surface area contributed by atoms with Crippen LogP contribution in [0.25, 0.3) is 0 Å². The Hall–Kier alpha value is -2.02. The van der Waals surface area contributed by atoms with Crippen LogP contribution in [0.1, 0.15) is 58.7 Å². The molecule has 0 aromatic heterocycles. The number of benzene rings is 2. The van der Waals surface area contributed by atoms with Crippen molar-refractivity contribution in [1.82, 2.24) is 5.32 Å². The van der Waals surface area contributed by atoms with E-state index in [-0.39, 0.29) is 23.4 Å². The molecule has 2 atom stereocenters. The van der Waals surface area contributed by atoms with Crippen molar-refractivity contribution in [2.75, 3.05) is 19.5 Å². The first-order valence-electron chi connectivity index (χ1n) is 11.4. The first kappa shape index (κ1) is 27.2. The number of hydrogen-bond donors (Lipinski definition) is 1. The van der Waals surface area contributed by atoms with E-state index in [0.717, 1.165) is 22.6 Å². The number of ether oxygens (including phenoxy) is 3. The van der Waals surface area contributed by atoms with Crippen LogP contribution in [0.4, 0.5) is 0 Å². The van der Waals surface area contributed by atoms with Crippen LogP contribution in [0.3, 0.4) is 0 Å². The van der Waals surface area contributed by atoms with Gasteiger partial charge in [0.2, 0.25) is 0 Å². The van der Waals surface area contributed by atoms with Gasteiger partial charge in [-0.25, -0.2) is 0 Å². The quantitative estimate of drug-likeness (QED) is 0.417. The van der Waals surface area contributed by atoms with E-state index in [2.05, 4.69) is 26.1 Å². The molecule has 0 aliphatic rings. The molecule has 0 amide bonds. The van der Waals surface area contributed by atoms with Gasteiger partial charge in [0.25, 0.3) is 0 Å². The van der Waals surface area contributed by atoms with Crippen LogP contribution in [-0.2, 0) is 20.9 Å². The van der Waals surface area contributed by atoms with Gasteiger partial charge in [0.1, 0.15) is 17.4 Å². The predicted octanol–water partition coefficient (Wildman–Crippen LogP) is 5.78. The second kappa shape index (κ2) is 12.4. The molecule has 0 aliphatic heterocycles. The lowest BCUT2D eigenvalue weighted by Crippen LogP contribution is -2.46. The standard InChI is InChI=1S/C27H39NO4S/c1-26(2,3)32-25(29)23(18-31-17-20-11-9-8-10-12-20)28-24(19-33-27(4,5)6)21-13-15-22(30-7)16-14-21/h8-16,23-24,28H,17-19H2,1-7H3/t23-,24-/m0/s1. The molecule has 2 aromatic rings. The largest absolute Gasteiger partial charge is 0.497 e. The van der Waals surface area contributed by atoms with Crippen molar-refractivity contribution in [1.29, 1.82) is 0 Å². The third-order valence-electron chi connectivity index (χ3n) is 4.69. The maximum Gasteiger partial charge on any atom is 0.326 e. The number of carbonyl (C=O) groups is 1. The van der Waals surface area contributed by atoms with Crippen LogP contribution in [0.5, 0.6) is 5.75 Å². The molecule has 0 fully saturated rings. The van der Waals surface area contributed by atoms with Crippen molar-refractivity contribution in [2.45, 2.75) is 70.6 Å². The van der Waals surface area contributed by atoms with Crippen molar-refractivity contribution in [2.24, 2.45) is 0 Å². The predicted molar refractivity (Wildman–Crippen MR) is 137 cm³/mol. The second-order valence-corrected chi connectivity index (χ2v) is 11.8. The summed E-state index contributed by atoms with van der Waals surface area (Å²) in [5, 5.41) is 3.53. The summed E-state index contributed by atoms with van der Waals surface area (Å²) < 4.78 is 17.1. The molecule has 0 bridgehead atoms. The van der Waals surface area contributed by atoms with Gasteiger partial charge in [-0.2, -0.15) is 11.8 Å². The average Bonchev–Trinajstić information content (AvgIpc) is 2.74. The number of carbonyl (C=O) groups excluding carboxylic acids is 1. The monoisotopic (exact) mass is 473 g/mol. The van der Waals surface area contributed by atoms with Gasteiger partial charge >= 0.3 is 5.97 Å². The summed E-state index contributed by atoms with van der Waals surface area (Å²) in [6, 6.07) is 17.3. The lowest BCUT2D eigenvalue weighted by molar-refractivity contribution is -0.159. The van der Waals surface area contributed by atoms with Gasteiger partial charge in [0, 0.05) is 16.5 Å². The van der Waals surface area contributed by atoms with Gasteiger partial charge in [0.15, 0.2) is 0 Å². The minimum Gasteiger partial charge on any atom is -0.497 e. The van der Waals surface area contributed by atoms with E-state index in [9.17, 15) is 4.79 Å². The highest BCUT2D eigenvalue weighted by atomic mass is 32.2. The van der Waals surface area contributed by atoms with Gasteiger partial charge in [-0.15, -0.1) is 0 Å². The molecule has 0 heterocycles.